The number of halogens is 1. The maximum absolute atomic E-state index is 13.7. The van der Waals surface area contributed by atoms with E-state index in [1.165, 1.54) is 18.2 Å². The number of anilines is 1. The fourth-order valence-electron chi connectivity index (χ4n) is 2.66. The number of pyridine rings is 1. The van der Waals surface area contributed by atoms with Gasteiger partial charge in [-0.15, -0.1) is 0 Å². The quantitative estimate of drug-likeness (QED) is 0.501. The van der Waals surface area contributed by atoms with Crippen molar-refractivity contribution in [1.29, 1.82) is 0 Å². The van der Waals surface area contributed by atoms with Crippen molar-refractivity contribution in [2.75, 3.05) is 31.8 Å². The molecule has 0 bridgehead atoms. The van der Waals surface area contributed by atoms with Crippen molar-refractivity contribution in [3.63, 3.8) is 0 Å². The van der Waals surface area contributed by atoms with Crippen LogP contribution in [0.3, 0.4) is 0 Å². The molecule has 0 saturated heterocycles. The molecule has 0 spiro atoms. The number of benzene rings is 1. The predicted molar refractivity (Wildman–Crippen MR) is 115 cm³/mol. The van der Waals surface area contributed by atoms with Crippen molar-refractivity contribution >= 4 is 21.6 Å². The van der Waals surface area contributed by atoms with Gasteiger partial charge in [-0.1, -0.05) is 12.1 Å². The van der Waals surface area contributed by atoms with Crippen molar-refractivity contribution in [2.24, 2.45) is 4.99 Å². The van der Waals surface area contributed by atoms with Gasteiger partial charge in [-0.2, -0.15) is 0 Å². The fourth-order valence-corrected chi connectivity index (χ4v) is 3.51. The molecule has 0 aliphatic rings. The average molecular weight is 422 g/mol. The van der Waals surface area contributed by atoms with E-state index in [1.807, 2.05) is 44.1 Å². The Kier molecular flexibility index (Phi) is 7.95. The lowest BCUT2D eigenvalue weighted by molar-refractivity contribution is 0.600. The summed E-state index contributed by atoms with van der Waals surface area (Å²) in [6.07, 6.45) is 1.16. The summed E-state index contributed by atoms with van der Waals surface area (Å²) in [5, 5.41) is 6.33. The minimum atomic E-state index is -3.23. The van der Waals surface area contributed by atoms with E-state index in [4.69, 9.17) is 0 Å². The first-order chi connectivity index (χ1) is 13.7. The summed E-state index contributed by atoms with van der Waals surface area (Å²) in [6.45, 7) is 3.21. The van der Waals surface area contributed by atoms with Crippen LogP contribution in [0.4, 0.5) is 10.2 Å². The Morgan fingerprint density at radius 3 is 2.59 bits per heavy atom. The van der Waals surface area contributed by atoms with Crippen LogP contribution in [-0.4, -0.2) is 46.3 Å². The average Bonchev–Trinajstić information content (AvgIpc) is 2.65. The molecule has 0 aliphatic heterocycles. The number of nitrogens with zero attached hydrogens (tertiary/aromatic N) is 3. The molecular weight excluding hydrogens is 393 g/mol. The fraction of sp³-hybridized carbons (Fsp3) is 0.400. The second-order valence-electron chi connectivity index (χ2n) is 6.91. The van der Waals surface area contributed by atoms with Crippen LogP contribution in [0, 0.1) is 5.82 Å². The number of hydrogen-bond donors (Lipinski definition) is 2. The van der Waals surface area contributed by atoms with E-state index in [2.05, 4.69) is 20.6 Å². The van der Waals surface area contributed by atoms with Gasteiger partial charge in [0, 0.05) is 26.9 Å². The third kappa shape index (κ3) is 7.69. The third-order valence-electron chi connectivity index (χ3n) is 4.02. The summed E-state index contributed by atoms with van der Waals surface area (Å²) < 4.78 is 37.0. The SMILES string of the molecule is CCNC(=NCc1cc(F)ccc1CS(C)(=O)=O)NCc1cccc(N(C)C)n1. The molecule has 1 heterocycles. The van der Waals surface area contributed by atoms with Crippen molar-refractivity contribution < 1.29 is 12.8 Å². The maximum Gasteiger partial charge on any atom is 0.191 e. The lowest BCUT2D eigenvalue weighted by Crippen LogP contribution is -2.37. The third-order valence-corrected chi connectivity index (χ3v) is 4.86. The number of rotatable bonds is 8. The van der Waals surface area contributed by atoms with Crippen LogP contribution in [-0.2, 0) is 28.7 Å². The lowest BCUT2D eigenvalue weighted by Gasteiger charge is -2.14. The lowest BCUT2D eigenvalue weighted by atomic mass is 10.1. The molecule has 0 amide bonds. The van der Waals surface area contributed by atoms with Crippen LogP contribution < -0.4 is 15.5 Å². The van der Waals surface area contributed by atoms with Crippen LogP contribution in [0.25, 0.3) is 0 Å². The van der Waals surface area contributed by atoms with Crippen molar-refractivity contribution in [3.8, 4) is 0 Å². The summed E-state index contributed by atoms with van der Waals surface area (Å²) in [7, 11) is 0.624. The Hall–Kier alpha value is -2.68. The highest BCUT2D eigenvalue weighted by Gasteiger charge is 2.11. The molecule has 2 aromatic rings. The second-order valence-corrected chi connectivity index (χ2v) is 9.05. The van der Waals surface area contributed by atoms with Gasteiger partial charge in [0.05, 0.1) is 24.5 Å². The zero-order chi connectivity index (χ0) is 21.4. The van der Waals surface area contributed by atoms with Crippen LogP contribution >= 0.6 is 0 Å². The number of aliphatic imine (C=N–C) groups is 1. The van der Waals surface area contributed by atoms with Crippen molar-refractivity contribution in [3.05, 3.63) is 59.0 Å². The first-order valence-electron chi connectivity index (χ1n) is 9.28. The highest BCUT2D eigenvalue weighted by molar-refractivity contribution is 7.89. The van der Waals surface area contributed by atoms with Gasteiger partial charge in [0.2, 0.25) is 0 Å². The number of nitrogens with one attached hydrogen (secondary N) is 2. The van der Waals surface area contributed by atoms with E-state index in [9.17, 15) is 12.8 Å². The van der Waals surface area contributed by atoms with Gasteiger partial charge in [-0.25, -0.2) is 22.8 Å². The van der Waals surface area contributed by atoms with Gasteiger partial charge < -0.3 is 15.5 Å². The highest BCUT2D eigenvalue weighted by atomic mass is 32.2. The monoisotopic (exact) mass is 421 g/mol. The molecule has 0 radical (unpaired) electrons. The molecule has 2 rings (SSSR count). The molecular formula is C20H28FN5O2S. The van der Waals surface area contributed by atoms with Crippen molar-refractivity contribution in [2.45, 2.75) is 25.8 Å². The topological polar surface area (TPSA) is 86.7 Å². The van der Waals surface area contributed by atoms with E-state index < -0.39 is 15.7 Å². The summed E-state index contributed by atoms with van der Waals surface area (Å²) in [5.41, 5.74) is 1.94. The zero-order valence-electron chi connectivity index (χ0n) is 17.2. The molecule has 0 atom stereocenters. The first-order valence-corrected chi connectivity index (χ1v) is 11.3. The summed E-state index contributed by atoms with van der Waals surface area (Å²) in [6, 6.07) is 9.87. The molecule has 1 aromatic heterocycles. The van der Waals surface area contributed by atoms with Gasteiger partial charge in [-0.05, 0) is 42.3 Å². The van der Waals surface area contributed by atoms with E-state index in [0.29, 0.717) is 30.2 Å². The Bertz CT molecular complexity index is 961. The zero-order valence-corrected chi connectivity index (χ0v) is 18.1. The molecule has 2 N–H and O–H groups in total. The van der Waals surface area contributed by atoms with Gasteiger partial charge in [0.15, 0.2) is 15.8 Å². The second kappa shape index (κ2) is 10.2. The molecule has 1 aromatic carbocycles. The van der Waals surface area contributed by atoms with Gasteiger partial charge in [0.1, 0.15) is 11.6 Å². The van der Waals surface area contributed by atoms with Crippen LogP contribution in [0.15, 0.2) is 41.4 Å². The van der Waals surface area contributed by atoms with Gasteiger partial charge in [-0.3, -0.25) is 0 Å². The van der Waals surface area contributed by atoms with Crippen LogP contribution in [0.5, 0.6) is 0 Å². The maximum atomic E-state index is 13.7. The number of hydrogen-bond acceptors (Lipinski definition) is 5. The van der Waals surface area contributed by atoms with Gasteiger partial charge >= 0.3 is 0 Å². The predicted octanol–water partition coefficient (Wildman–Crippen LogP) is 2.09. The molecule has 0 saturated carbocycles. The highest BCUT2D eigenvalue weighted by Crippen LogP contribution is 2.15. The number of guanidine groups is 1. The van der Waals surface area contributed by atoms with Crippen LogP contribution in [0.1, 0.15) is 23.7 Å². The minimum Gasteiger partial charge on any atom is -0.363 e. The molecule has 158 valence electrons. The smallest absolute Gasteiger partial charge is 0.191 e. The molecule has 0 fully saturated rings. The Morgan fingerprint density at radius 1 is 1.17 bits per heavy atom. The molecule has 0 unspecified atom stereocenters. The number of aromatic nitrogens is 1. The number of sulfone groups is 1. The Labute approximate surface area is 172 Å². The summed E-state index contributed by atoms with van der Waals surface area (Å²) >= 11 is 0. The standard InChI is InChI=1S/C20H28FN5O2S/c1-5-22-20(24-13-18-7-6-8-19(25-18)26(2)3)23-12-16-11-17(21)10-9-15(16)14-29(4,27)28/h6-11H,5,12-14H2,1-4H3,(H2,22,23,24). The largest absolute Gasteiger partial charge is 0.363 e. The van der Waals surface area contributed by atoms with E-state index in [0.717, 1.165) is 17.8 Å². The molecule has 7 nitrogen and oxygen atoms in total. The van der Waals surface area contributed by atoms with E-state index in [-0.39, 0.29) is 12.3 Å². The Balaban J connectivity index is 2.15. The van der Waals surface area contributed by atoms with Gasteiger partial charge in [0.25, 0.3) is 0 Å². The molecule has 29 heavy (non-hydrogen) atoms. The normalized spacial score (nSPS) is 12.0. The summed E-state index contributed by atoms with van der Waals surface area (Å²) in [5.74, 6) is 0.828. The first kappa shape index (κ1) is 22.6. The Morgan fingerprint density at radius 2 is 1.93 bits per heavy atom. The van der Waals surface area contributed by atoms with E-state index in [1.54, 1.807) is 0 Å². The molecule has 9 heteroatoms. The minimum absolute atomic E-state index is 0.149. The van der Waals surface area contributed by atoms with E-state index >= 15 is 0 Å². The van der Waals surface area contributed by atoms with Crippen LogP contribution in [0.2, 0.25) is 0 Å². The van der Waals surface area contributed by atoms with Crippen molar-refractivity contribution in [1.82, 2.24) is 15.6 Å². The summed E-state index contributed by atoms with van der Waals surface area (Å²) in [4.78, 5) is 11.0. The molecule has 0 aliphatic carbocycles.